The predicted molar refractivity (Wildman–Crippen MR) is 65.0 cm³/mol. The van der Waals surface area contributed by atoms with Crippen LogP contribution in [0.15, 0.2) is 20.9 Å². The standard InChI is InChI=1S/C11H13N3O5/c1-6-4-14(11(17)12-10(6)16)9-3-8(19-13-9)5-18-7(2)15/h4,8H,3,5H2,1-2H3,(H,12,16,17). The molecule has 0 saturated heterocycles. The zero-order valence-electron chi connectivity index (χ0n) is 10.5. The largest absolute Gasteiger partial charge is 0.462 e. The number of rotatable bonds is 2. The molecule has 0 bridgehead atoms. The van der Waals surface area contributed by atoms with Crippen LogP contribution in [0.2, 0.25) is 0 Å². The highest BCUT2D eigenvalue weighted by Gasteiger charge is 2.24. The Morgan fingerprint density at radius 2 is 2.37 bits per heavy atom. The van der Waals surface area contributed by atoms with Crippen LogP contribution < -0.4 is 11.2 Å². The molecule has 1 unspecified atom stereocenters. The summed E-state index contributed by atoms with van der Waals surface area (Å²) in [5.74, 6) is -0.0457. The average molecular weight is 267 g/mol. The van der Waals surface area contributed by atoms with E-state index in [9.17, 15) is 14.4 Å². The monoisotopic (exact) mass is 267 g/mol. The molecule has 1 aromatic rings. The number of nitrogens with one attached hydrogen (secondary N) is 1. The summed E-state index contributed by atoms with van der Waals surface area (Å²) < 4.78 is 6.01. The van der Waals surface area contributed by atoms with E-state index in [1.54, 1.807) is 6.92 Å². The number of aromatic nitrogens is 2. The van der Waals surface area contributed by atoms with Gasteiger partial charge in [0.25, 0.3) is 5.56 Å². The number of oxime groups is 1. The van der Waals surface area contributed by atoms with E-state index < -0.39 is 23.3 Å². The number of H-pyrrole nitrogens is 1. The lowest BCUT2D eigenvalue weighted by Crippen LogP contribution is -2.35. The number of esters is 1. The molecule has 0 amide bonds. The van der Waals surface area contributed by atoms with Gasteiger partial charge in [0.05, 0.1) is 6.42 Å². The minimum atomic E-state index is -0.578. The van der Waals surface area contributed by atoms with Gasteiger partial charge in [-0.3, -0.25) is 19.1 Å². The van der Waals surface area contributed by atoms with Gasteiger partial charge in [-0.2, -0.15) is 0 Å². The van der Waals surface area contributed by atoms with Crippen molar-refractivity contribution in [2.45, 2.75) is 26.4 Å². The quantitative estimate of drug-likeness (QED) is 0.718. The normalized spacial score (nSPS) is 17.8. The van der Waals surface area contributed by atoms with Crippen LogP contribution in [-0.4, -0.2) is 34.1 Å². The second kappa shape index (κ2) is 5.09. The zero-order chi connectivity index (χ0) is 14.0. The van der Waals surface area contributed by atoms with Crippen molar-refractivity contribution in [1.29, 1.82) is 0 Å². The number of hydrogen-bond acceptors (Lipinski definition) is 6. The van der Waals surface area contributed by atoms with Crippen LogP contribution in [0.5, 0.6) is 0 Å². The van der Waals surface area contributed by atoms with Crippen molar-refractivity contribution in [2.24, 2.45) is 5.16 Å². The topological polar surface area (TPSA) is 103 Å². The SMILES string of the molecule is CC(=O)OCC1CC(n2cc(C)c(=O)[nH]c2=O)=NO1. The summed E-state index contributed by atoms with van der Waals surface area (Å²) in [4.78, 5) is 40.8. The van der Waals surface area contributed by atoms with Crippen LogP contribution in [0.3, 0.4) is 0 Å². The van der Waals surface area contributed by atoms with Crippen molar-refractivity contribution >= 4 is 11.8 Å². The van der Waals surface area contributed by atoms with E-state index in [0.717, 1.165) is 0 Å². The second-order valence-electron chi connectivity index (χ2n) is 4.18. The maximum Gasteiger partial charge on any atom is 0.333 e. The van der Waals surface area contributed by atoms with E-state index >= 15 is 0 Å². The minimum absolute atomic E-state index is 0.0689. The van der Waals surface area contributed by atoms with Gasteiger partial charge in [0.2, 0.25) is 0 Å². The highest BCUT2D eigenvalue weighted by Crippen LogP contribution is 2.11. The molecule has 8 nitrogen and oxygen atoms in total. The van der Waals surface area contributed by atoms with Gasteiger partial charge >= 0.3 is 11.7 Å². The summed E-state index contributed by atoms with van der Waals surface area (Å²) in [6, 6.07) is 0. The smallest absolute Gasteiger partial charge is 0.333 e. The Balaban J connectivity index is 2.13. The summed E-state index contributed by atoms with van der Waals surface area (Å²) in [5.41, 5.74) is -0.617. The molecule has 0 aromatic carbocycles. The summed E-state index contributed by atoms with van der Waals surface area (Å²) in [6.07, 6.45) is 1.30. The Hall–Kier alpha value is -2.38. The predicted octanol–water partition coefficient (Wildman–Crippen LogP) is -0.641. The van der Waals surface area contributed by atoms with Crippen LogP contribution in [0.1, 0.15) is 18.9 Å². The van der Waals surface area contributed by atoms with E-state index in [1.807, 2.05) is 0 Å². The lowest BCUT2D eigenvalue weighted by molar-refractivity contribution is -0.144. The fourth-order valence-electron chi connectivity index (χ4n) is 1.61. The van der Waals surface area contributed by atoms with E-state index in [2.05, 4.69) is 10.1 Å². The third kappa shape index (κ3) is 2.90. The van der Waals surface area contributed by atoms with Gasteiger partial charge in [-0.1, -0.05) is 5.16 Å². The lowest BCUT2D eigenvalue weighted by Gasteiger charge is -2.07. The first-order valence-electron chi connectivity index (χ1n) is 5.66. The van der Waals surface area contributed by atoms with Crippen molar-refractivity contribution in [3.05, 3.63) is 32.6 Å². The van der Waals surface area contributed by atoms with Crippen molar-refractivity contribution in [2.75, 3.05) is 6.61 Å². The molecule has 1 aliphatic rings. The molecule has 1 aliphatic heterocycles. The Labute approximate surface area is 107 Å². The molecule has 0 aliphatic carbocycles. The molecule has 0 fully saturated rings. The molecule has 2 rings (SSSR count). The number of nitrogens with zero attached hydrogens (tertiary/aromatic N) is 2. The average Bonchev–Trinajstić information content (AvgIpc) is 2.80. The zero-order valence-corrected chi connectivity index (χ0v) is 10.5. The molecule has 1 N–H and O–H groups in total. The van der Waals surface area contributed by atoms with Gasteiger partial charge in [-0.05, 0) is 6.92 Å². The van der Waals surface area contributed by atoms with Gasteiger partial charge in [0, 0.05) is 18.7 Å². The molecule has 0 radical (unpaired) electrons. The second-order valence-corrected chi connectivity index (χ2v) is 4.18. The summed E-state index contributed by atoms with van der Waals surface area (Å²) in [5, 5.41) is 3.76. The summed E-state index contributed by atoms with van der Waals surface area (Å²) >= 11 is 0. The molecule has 2 heterocycles. The van der Waals surface area contributed by atoms with Crippen molar-refractivity contribution in [3.63, 3.8) is 0 Å². The van der Waals surface area contributed by atoms with Crippen LogP contribution in [0.25, 0.3) is 0 Å². The Morgan fingerprint density at radius 1 is 1.63 bits per heavy atom. The molecule has 1 aromatic heterocycles. The Kier molecular flexibility index (Phi) is 3.50. The first-order chi connectivity index (χ1) is 8.97. The van der Waals surface area contributed by atoms with E-state index in [4.69, 9.17) is 9.57 Å². The van der Waals surface area contributed by atoms with Gasteiger partial charge in [-0.25, -0.2) is 4.79 Å². The van der Waals surface area contributed by atoms with Gasteiger partial charge in [-0.15, -0.1) is 0 Å². The molecule has 0 spiro atoms. The molecule has 8 heteroatoms. The van der Waals surface area contributed by atoms with Crippen molar-refractivity contribution in [3.8, 4) is 0 Å². The van der Waals surface area contributed by atoms with E-state index in [-0.39, 0.29) is 6.61 Å². The highest BCUT2D eigenvalue weighted by atomic mass is 16.7. The Bertz CT molecular complexity index is 642. The number of hydrogen-bond donors (Lipinski definition) is 1. The maximum absolute atomic E-state index is 11.6. The maximum atomic E-state index is 11.6. The number of carbonyl (C=O) groups is 1. The van der Waals surface area contributed by atoms with Gasteiger partial charge in [0.15, 0.2) is 11.9 Å². The lowest BCUT2D eigenvalue weighted by atomic mass is 10.2. The third-order valence-corrected chi connectivity index (χ3v) is 2.59. The number of aryl methyl sites for hydroxylation is 1. The first kappa shape index (κ1) is 13.1. The molecular weight excluding hydrogens is 254 g/mol. The summed E-state index contributed by atoms with van der Waals surface area (Å²) in [7, 11) is 0. The van der Waals surface area contributed by atoms with Crippen molar-refractivity contribution < 1.29 is 14.4 Å². The molecule has 0 saturated carbocycles. The van der Waals surface area contributed by atoms with Gasteiger partial charge in [0.1, 0.15) is 6.61 Å². The van der Waals surface area contributed by atoms with Crippen LogP contribution in [-0.2, 0) is 14.4 Å². The molecule has 1 atom stereocenters. The first-order valence-corrected chi connectivity index (χ1v) is 5.66. The third-order valence-electron chi connectivity index (χ3n) is 2.59. The van der Waals surface area contributed by atoms with Crippen LogP contribution in [0.4, 0.5) is 0 Å². The minimum Gasteiger partial charge on any atom is -0.462 e. The highest BCUT2D eigenvalue weighted by molar-refractivity contribution is 5.85. The molecule has 102 valence electrons. The number of carbonyl (C=O) groups excluding carboxylic acids is 1. The number of ether oxygens (including phenoxy) is 1. The van der Waals surface area contributed by atoms with Crippen LogP contribution in [0, 0.1) is 6.92 Å². The molecule has 19 heavy (non-hydrogen) atoms. The fraction of sp³-hybridized carbons (Fsp3) is 0.455. The van der Waals surface area contributed by atoms with E-state index in [1.165, 1.54) is 17.7 Å². The Morgan fingerprint density at radius 3 is 3.05 bits per heavy atom. The fourth-order valence-corrected chi connectivity index (χ4v) is 1.61. The van der Waals surface area contributed by atoms with Gasteiger partial charge < -0.3 is 9.57 Å². The number of aromatic amines is 1. The summed E-state index contributed by atoms with van der Waals surface area (Å²) in [6.45, 7) is 2.95. The molecular formula is C11H13N3O5. The van der Waals surface area contributed by atoms with E-state index in [0.29, 0.717) is 17.8 Å². The van der Waals surface area contributed by atoms with Crippen molar-refractivity contribution in [1.82, 2.24) is 9.55 Å². The van der Waals surface area contributed by atoms with Crippen LogP contribution >= 0.6 is 0 Å².